The predicted octanol–water partition coefficient (Wildman–Crippen LogP) is 1.97. The van der Waals surface area contributed by atoms with Crippen LogP contribution in [0, 0.1) is 11.3 Å². The Hall–Kier alpha value is -2.65. The molecule has 1 aliphatic rings. The number of carbonyl (C=O) groups is 1. The van der Waals surface area contributed by atoms with Gasteiger partial charge in [0.2, 0.25) is 0 Å². The van der Waals surface area contributed by atoms with Gasteiger partial charge in [-0.2, -0.15) is 10.4 Å². The van der Waals surface area contributed by atoms with E-state index in [4.69, 9.17) is 10.00 Å². The van der Waals surface area contributed by atoms with Gasteiger partial charge in [0, 0.05) is 18.4 Å². The lowest BCUT2D eigenvalue weighted by Gasteiger charge is -2.07. The molecular formula is C15H14N4O2. The minimum Gasteiger partial charge on any atom is -0.379 e. The topological polar surface area (TPSA) is 79.9 Å². The van der Waals surface area contributed by atoms with Crippen LogP contribution in [0.1, 0.15) is 28.4 Å². The highest BCUT2D eigenvalue weighted by molar-refractivity contribution is 6.04. The van der Waals surface area contributed by atoms with Gasteiger partial charge in [-0.3, -0.25) is 9.48 Å². The zero-order valence-electron chi connectivity index (χ0n) is 11.3. The van der Waals surface area contributed by atoms with Gasteiger partial charge >= 0.3 is 0 Å². The van der Waals surface area contributed by atoms with Crippen LogP contribution >= 0.6 is 0 Å². The van der Waals surface area contributed by atoms with Crippen molar-refractivity contribution < 1.29 is 9.53 Å². The fourth-order valence-electron chi connectivity index (χ4n) is 2.23. The molecule has 0 bridgehead atoms. The van der Waals surface area contributed by atoms with Gasteiger partial charge in [0.05, 0.1) is 36.2 Å². The number of carbonyl (C=O) groups excluding carboxylic acids is 1. The monoisotopic (exact) mass is 282 g/mol. The highest BCUT2D eigenvalue weighted by atomic mass is 16.5. The molecule has 0 spiro atoms. The van der Waals surface area contributed by atoms with Gasteiger partial charge in [-0.15, -0.1) is 0 Å². The number of benzene rings is 1. The highest BCUT2D eigenvalue weighted by Crippen LogP contribution is 2.20. The molecule has 0 radical (unpaired) electrons. The average Bonchev–Trinajstić information content (AvgIpc) is 3.18. The van der Waals surface area contributed by atoms with Gasteiger partial charge in [0.25, 0.3) is 5.91 Å². The van der Waals surface area contributed by atoms with E-state index in [1.807, 2.05) is 10.8 Å². The average molecular weight is 282 g/mol. The summed E-state index contributed by atoms with van der Waals surface area (Å²) in [5, 5.41) is 15.8. The van der Waals surface area contributed by atoms with Crippen LogP contribution in [0.5, 0.6) is 0 Å². The summed E-state index contributed by atoms with van der Waals surface area (Å²) in [6, 6.07) is 8.76. The van der Waals surface area contributed by atoms with E-state index in [2.05, 4.69) is 10.4 Å². The molecule has 1 N–H and O–H groups in total. The molecular weight excluding hydrogens is 268 g/mol. The quantitative estimate of drug-likeness (QED) is 0.933. The molecule has 2 heterocycles. The maximum absolute atomic E-state index is 12.1. The van der Waals surface area contributed by atoms with Crippen LogP contribution in [0.3, 0.4) is 0 Å². The molecule has 1 fully saturated rings. The molecule has 1 amide bonds. The maximum Gasteiger partial charge on any atom is 0.255 e. The molecule has 0 aliphatic carbocycles. The zero-order chi connectivity index (χ0) is 14.7. The van der Waals surface area contributed by atoms with Crippen molar-refractivity contribution in [3.05, 3.63) is 47.8 Å². The van der Waals surface area contributed by atoms with E-state index in [0.717, 1.165) is 13.0 Å². The summed E-state index contributed by atoms with van der Waals surface area (Å²) in [4.78, 5) is 12.1. The van der Waals surface area contributed by atoms with Crippen LogP contribution in [0.4, 0.5) is 5.69 Å². The highest BCUT2D eigenvalue weighted by Gasteiger charge is 2.18. The number of hydrogen-bond acceptors (Lipinski definition) is 4. The second-order valence-corrected chi connectivity index (χ2v) is 4.87. The lowest BCUT2D eigenvalue weighted by Crippen LogP contribution is -2.12. The molecule has 1 saturated heterocycles. The number of aromatic nitrogens is 2. The molecule has 106 valence electrons. The fourth-order valence-corrected chi connectivity index (χ4v) is 2.23. The van der Waals surface area contributed by atoms with E-state index in [0.29, 0.717) is 23.4 Å². The van der Waals surface area contributed by atoms with Gasteiger partial charge in [-0.1, -0.05) is 0 Å². The Kier molecular flexibility index (Phi) is 3.67. The first-order chi connectivity index (χ1) is 10.3. The minimum absolute atomic E-state index is 0.221. The van der Waals surface area contributed by atoms with Crippen molar-refractivity contribution >= 4 is 11.6 Å². The summed E-state index contributed by atoms with van der Waals surface area (Å²) < 4.78 is 7.14. The van der Waals surface area contributed by atoms with Crippen LogP contribution < -0.4 is 5.32 Å². The van der Waals surface area contributed by atoms with E-state index in [1.54, 1.807) is 36.7 Å². The van der Waals surface area contributed by atoms with Gasteiger partial charge < -0.3 is 10.1 Å². The first-order valence-electron chi connectivity index (χ1n) is 6.69. The summed E-state index contributed by atoms with van der Waals surface area (Å²) in [5.41, 5.74) is 1.68. The van der Waals surface area contributed by atoms with Crippen LogP contribution in [0.2, 0.25) is 0 Å². The van der Waals surface area contributed by atoms with Crippen LogP contribution in [-0.2, 0) is 4.74 Å². The Balaban J connectivity index is 1.68. The third-order valence-electron chi connectivity index (χ3n) is 3.42. The van der Waals surface area contributed by atoms with E-state index < -0.39 is 0 Å². The smallest absolute Gasteiger partial charge is 0.255 e. The third-order valence-corrected chi connectivity index (χ3v) is 3.42. The van der Waals surface area contributed by atoms with Crippen LogP contribution in [0.15, 0.2) is 36.7 Å². The fraction of sp³-hybridized carbons (Fsp3) is 0.267. The summed E-state index contributed by atoms with van der Waals surface area (Å²) in [7, 11) is 0. The summed E-state index contributed by atoms with van der Waals surface area (Å²) in [5.74, 6) is -0.221. The SMILES string of the molecule is N#Cc1ccc(C(=O)Nc2cnn([C@@H]3CCOC3)c2)cc1. The number of nitrogens with zero attached hydrogens (tertiary/aromatic N) is 3. The maximum atomic E-state index is 12.1. The van der Waals surface area contributed by atoms with Crippen LogP contribution in [-0.4, -0.2) is 28.9 Å². The minimum atomic E-state index is -0.221. The van der Waals surface area contributed by atoms with Gasteiger partial charge in [-0.05, 0) is 30.7 Å². The molecule has 1 atom stereocenters. The Morgan fingerprint density at radius 1 is 1.43 bits per heavy atom. The molecule has 2 aromatic rings. The molecule has 21 heavy (non-hydrogen) atoms. The first kappa shape index (κ1) is 13.3. The van der Waals surface area contributed by atoms with Crippen molar-refractivity contribution in [3.63, 3.8) is 0 Å². The van der Waals surface area contributed by atoms with Crippen molar-refractivity contribution in [2.75, 3.05) is 18.5 Å². The van der Waals surface area contributed by atoms with Crippen molar-refractivity contribution in [2.24, 2.45) is 0 Å². The molecule has 6 nitrogen and oxygen atoms in total. The number of rotatable bonds is 3. The number of anilines is 1. The molecule has 1 aromatic carbocycles. The number of hydrogen-bond donors (Lipinski definition) is 1. The van der Waals surface area contributed by atoms with Crippen molar-refractivity contribution in [2.45, 2.75) is 12.5 Å². The van der Waals surface area contributed by atoms with E-state index in [9.17, 15) is 4.79 Å². The lowest BCUT2D eigenvalue weighted by atomic mass is 10.1. The largest absolute Gasteiger partial charge is 0.379 e. The summed E-state index contributed by atoms with van der Waals surface area (Å²) >= 11 is 0. The molecule has 0 saturated carbocycles. The number of nitrogens with one attached hydrogen (secondary N) is 1. The molecule has 0 unspecified atom stereocenters. The molecule has 1 aliphatic heterocycles. The van der Waals surface area contributed by atoms with Gasteiger partial charge in [-0.25, -0.2) is 0 Å². The predicted molar refractivity (Wildman–Crippen MR) is 75.8 cm³/mol. The molecule has 6 heteroatoms. The Bertz CT molecular complexity index is 678. The van der Waals surface area contributed by atoms with Crippen LogP contribution in [0.25, 0.3) is 0 Å². The lowest BCUT2D eigenvalue weighted by molar-refractivity contribution is 0.102. The summed E-state index contributed by atoms with van der Waals surface area (Å²) in [6.45, 7) is 1.40. The van der Waals surface area contributed by atoms with E-state index in [1.165, 1.54) is 0 Å². The Morgan fingerprint density at radius 3 is 2.90 bits per heavy atom. The number of amides is 1. The van der Waals surface area contributed by atoms with Gasteiger partial charge in [0.1, 0.15) is 0 Å². The normalized spacial score (nSPS) is 17.4. The number of nitriles is 1. The molecule has 3 rings (SSSR count). The third kappa shape index (κ3) is 2.93. The standard InChI is InChI=1S/C15H14N4O2/c16-7-11-1-3-12(4-2-11)15(20)18-13-8-17-19(9-13)14-5-6-21-10-14/h1-4,8-9,14H,5-6,10H2,(H,18,20)/t14-/m1/s1. The van der Waals surface area contributed by atoms with Crippen molar-refractivity contribution in [3.8, 4) is 6.07 Å². The van der Waals surface area contributed by atoms with E-state index >= 15 is 0 Å². The Morgan fingerprint density at radius 2 is 2.24 bits per heavy atom. The van der Waals surface area contributed by atoms with Crippen molar-refractivity contribution in [1.82, 2.24) is 9.78 Å². The first-order valence-corrected chi connectivity index (χ1v) is 6.69. The molecule has 1 aromatic heterocycles. The second-order valence-electron chi connectivity index (χ2n) is 4.87. The van der Waals surface area contributed by atoms with Crippen molar-refractivity contribution in [1.29, 1.82) is 5.26 Å². The second kappa shape index (κ2) is 5.77. The Labute approximate surface area is 121 Å². The van der Waals surface area contributed by atoms with Gasteiger partial charge in [0.15, 0.2) is 0 Å². The summed E-state index contributed by atoms with van der Waals surface area (Å²) in [6.07, 6.45) is 4.37. The van der Waals surface area contributed by atoms with E-state index in [-0.39, 0.29) is 11.9 Å². The number of ether oxygens (including phenoxy) is 1. The zero-order valence-corrected chi connectivity index (χ0v) is 11.3.